The van der Waals surface area contributed by atoms with Crippen LogP contribution in [0.2, 0.25) is 0 Å². The van der Waals surface area contributed by atoms with Crippen molar-refractivity contribution in [1.82, 2.24) is 15.1 Å². The molecule has 0 aliphatic rings. The third kappa shape index (κ3) is 3.06. The fourth-order valence-electron chi connectivity index (χ4n) is 2.12. The first-order valence-corrected chi connectivity index (χ1v) is 5.76. The van der Waals surface area contributed by atoms with Crippen LogP contribution in [0.15, 0.2) is 6.07 Å². The lowest BCUT2D eigenvalue weighted by Crippen LogP contribution is -2.26. The summed E-state index contributed by atoms with van der Waals surface area (Å²) in [5.74, 6) is 0.528. The van der Waals surface area contributed by atoms with Crippen LogP contribution in [0.25, 0.3) is 0 Å². The Bertz CT molecular complexity index is 322. The molecule has 0 bridgehead atoms. The number of nitrogens with one attached hydrogen (secondary N) is 1. The molecule has 2 unspecified atom stereocenters. The van der Waals surface area contributed by atoms with Crippen LogP contribution >= 0.6 is 0 Å². The zero-order valence-electron chi connectivity index (χ0n) is 10.9. The van der Waals surface area contributed by atoms with Crippen LogP contribution in [0, 0.1) is 12.8 Å². The summed E-state index contributed by atoms with van der Waals surface area (Å²) in [5.41, 5.74) is 2.31. The fraction of sp³-hybridized carbons (Fsp3) is 0.750. The van der Waals surface area contributed by atoms with Crippen LogP contribution in [0.3, 0.4) is 0 Å². The molecule has 4 nitrogen and oxygen atoms in total. The zero-order valence-corrected chi connectivity index (χ0v) is 10.9. The Labute approximate surface area is 98.0 Å². The molecule has 1 aromatic heterocycles. The molecule has 4 heteroatoms. The molecule has 2 atom stereocenters. The van der Waals surface area contributed by atoms with Gasteiger partial charge in [-0.3, -0.25) is 4.68 Å². The second-order valence-corrected chi connectivity index (χ2v) is 4.36. The van der Waals surface area contributed by atoms with E-state index in [9.17, 15) is 0 Å². The number of hydrogen-bond acceptors (Lipinski definition) is 3. The molecule has 0 radical (unpaired) electrons. The van der Waals surface area contributed by atoms with E-state index in [2.05, 4.69) is 23.4 Å². The highest BCUT2D eigenvalue weighted by Gasteiger charge is 2.20. The van der Waals surface area contributed by atoms with Gasteiger partial charge in [0, 0.05) is 20.8 Å². The van der Waals surface area contributed by atoms with E-state index in [-0.39, 0.29) is 0 Å². The number of aromatic nitrogens is 2. The van der Waals surface area contributed by atoms with E-state index in [1.54, 1.807) is 7.11 Å². The SMILES string of the molecule is CNC(c1cc(C)nn1C)C(C)CCOC. The van der Waals surface area contributed by atoms with Gasteiger partial charge in [-0.05, 0) is 32.4 Å². The van der Waals surface area contributed by atoms with E-state index in [1.165, 1.54) is 5.69 Å². The molecule has 0 amide bonds. The van der Waals surface area contributed by atoms with Crippen molar-refractivity contribution in [1.29, 1.82) is 0 Å². The second kappa shape index (κ2) is 6.01. The average Bonchev–Trinajstić information content (AvgIpc) is 2.56. The van der Waals surface area contributed by atoms with Crippen molar-refractivity contribution in [2.75, 3.05) is 20.8 Å². The van der Waals surface area contributed by atoms with Gasteiger partial charge in [-0.25, -0.2) is 0 Å². The number of ether oxygens (including phenoxy) is 1. The van der Waals surface area contributed by atoms with Gasteiger partial charge in [0.05, 0.1) is 17.4 Å². The summed E-state index contributed by atoms with van der Waals surface area (Å²) >= 11 is 0. The molecule has 0 saturated heterocycles. The predicted molar refractivity (Wildman–Crippen MR) is 65.4 cm³/mol. The Kier molecular flexibility index (Phi) is 4.96. The predicted octanol–water partition coefficient (Wildman–Crippen LogP) is 1.66. The largest absolute Gasteiger partial charge is 0.385 e. The standard InChI is InChI=1S/C12H23N3O/c1-9(6-7-16-5)12(13-3)11-8-10(2)14-15(11)4/h8-9,12-13H,6-7H2,1-5H3. The highest BCUT2D eigenvalue weighted by atomic mass is 16.5. The minimum Gasteiger partial charge on any atom is -0.385 e. The molecule has 0 fully saturated rings. The first-order valence-electron chi connectivity index (χ1n) is 5.76. The lowest BCUT2D eigenvalue weighted by Gasteiger charge is -2.23. The van der Waals surface area contributed by atoms with Crippen LogP contribution in [0.5, 0.6) is 0 Å². The summed E-state index contributed by atoms with van der Waals surface area (Å²) in [7, 11) is 5.74. The quantitative estimate of drug-likeness (QED) is 0.800. The van der Waals surface area contributed by atoms with E-state index in [1.807, 2.05) is 25.7 Å². The monoisotopic (exact) mass is 225 g/mol. The topological polar surface area (TPSA) is 39.1 Å². The van der Waals surface area contributed by atoms with Crippen molar-refractivity contribution in [3.63, 3.8) is 0 Å². The molecule has 0 saturated carbocycles. The third-order valence-corrected chi connectivity index (χ3v) is 3.01. The Morgan fingerprint density at radius 3 is 2.69 bits per heavy atom. The van der Waals surface area contributed by atoms with Crippen LogP contribution in [-0.2, 0) is 11.8 Å². The molecule has 1 aromatic rings. The van der Waals surface area contributed by atoms with Crippen LogP contribution in [-0.4, -0.2) is 30.5 Å². The Balaban J connectivity index is 2.77. The normalized spacial score (nSPS) is 15.1. The number of aryl methyl sites for hydroxylation is 2. The molecule has 16 heavy (non-hydrogen) atoms. The number of nitrogens with zero attached hydrogens (tertiary/aromatic N) is 2. The summed E-state index contributed by atoms with van der Waals surface area (Å²) in [6.45, 7) is 5.06. The van der Waals surface area contributed by atoms with E-state index in [4.69, 9.17) is 4.74 Å². The molecule has 1 heterocycles. The Hall–Kier alpha value is -0.870. The van der Waals surface area contributed by atoms with Gasteiger partial charge in [-0.2, -0.15) is 5.10 Å². The average molecular weight is 225 g/mol. The van der Waals surface area contributed by atoms with Gasteiger partial charge in [0.1, 0.15) is 0 Å². The second-order valence-electron chi connectivity index (χ2n) is 4.36. The molecule has 92 valence electrons. The highest BCUT2D eigenvalue weighted by molar-refractivity contribution is 5.13. The molecular formula is C12H23N3O. The van der Waals surface area contributed by atoms with Gasteiger partial charge in [0.2, 0.25) is 0 Å². The van der Waals surface area contributed by atoms with Crippen molar-refractivity contribution < 1.29 is 4.74 Å². The smallest absolute Gasteiger partial charge is 0.0597 e. The summed E-state index contributed by atoms with van der Waals surface area (Å²) < 4.78 is 7.09. The molecular weight excluding hydrogens is 202 g/mol. The first-order chi connectivity index (χ1) is 7.60. The first kappa shape index (κ1) is 13.2. The van der Waals surface area contributed by atoms with Gasteiger partial charge in [-0.1, -0.05) is 6.92 Å². The maximum absolute atomic E-state index is 5.13. The van der Waals surface area contributed by atoms with E-state index >= 15 is 0 Å². The van der Waals surface area contributed by atoms with Crippen molar-refractivity contribution in [2.45, 2.75) is 26.3 Å². The van der Waals surface area contributed by atoms with Crippen LogP contribution < -0.4 is 5.32 Å². The maximum Gasteiger partial charge on any atom is 0.0597 e. The van der Waals surface area contributed by atoms with Gasteiger partial charge < -0.3 is 10.1 Å². The fourth-order valence-corrected chi connectivity index (χ4v) is 2.12. The number of rotatable bonds is 6. The summed E-state index contributed by atoms with van der Waals surface area (Å²) in [6, 6.07) is 2.48. The maximum atomic E-state index is 5.13. The van der Waals surface area contributed by atoms with Crippen molar-refractivity contribution >= 4 is 0 Å². The molecule has 0 spiro atoms. The molecule has 0 aliphatic carbocycles. The Morgan fingerprint density at radius 1 is 1.56 bits per heavy atom. The summed E-state index contributed by atoms with van der Waals surface area (Å²) in [6.07, 6.45) is 1.05. The molecule has 1 rings (SSSR count). The van der Waals surface area contributed by atoms with Gasteiger partial charge in [-0.15, -0.1) is 0 Å². The molecule has 0 aromatic carbocycles. The van der Waals surface area contributed by atoms with Gasteiger partial charge in [0.15, 0.2) is 0 Å². The van der Waals surface area contributed by atoms with E-state index < -0.39 is 0 Å². The Morgan fingerprint density at radius 2 is 2.25 bits per heavy atom. The van der Waals surface area contributed by atoms with Gasteiger partial charge in [0.25, 0.3) is 0 Å². The summed E-state index contributed by atoms with van der Waals surface area (Å²) in [4.78, 5) is 0. The van der Waals surface area contributed by atoms with Crippen molar-refractivity contribution in [2.24, 2.45) is 13.0 Å². The summed E-state index contributed by atoms with van der Waals surface area (Å²) in [5, 5.41) is 7.75. The van der Waals surface area contributed by atoms with E-state index in [0.29, 0.717) is 12.0 Å². The highest BCUT2D eigenvalue weighted by Crippen LogP contribution is 2.24. The number of methoxy groups -OCH3 is 1. The van der Waals surface area contributed by atoms with E-state index in [0.717, 1.165) is 18.7 Å². The minimum absolute atomic E-state index is 0.335. The lowest BCUT2D eigenvalue weighted by atomic mass is 9.95. The van der Waals surface area contributed by atoms with Crippen LogP contribution in [0.4, 0.5) is 0 Å². The number of hydrogen-bond donors (Lipinski definition) is 1. The van der Waals surface area contributed by atoms with Gasteiger partial charge >= 0.3 is 0 Å². The molecule has 0 aliphatic heterocycles. The third-order valence-electron chi connectivity index (χ3n) is 3.01. The van der Waals surface area contributed by atoms with Crippen molar-refractivity contribution in [3.8, 4) is 0 Å². The lowest BCUT2D eigenvalue weighted by molar-refractivity contribution is 0.170. The zero-order chi connectivity index (χ0) is 12.1. The van der Waals surface area contributed by atoms with Crippen LogP contribution in [0.1, 0.15) is 30.8 Å². The minimum atomic E-state index is 0.335. The molecule has 1 N–H and O–H groups in total. The van der Waals surface area contributed by atoms with Crippen molar-refractivity contribution in [3.05, 3.63) is 17.5 Å².